The van der Waals surface area contributed by atoms with Crippen molar-refractivity contribution in [3.63, 3.8) is 0 Å². The van der Waals surface area contributed by atoms with Gasteiger partial charge in [0.1, 0.15) is 11.6 Å². The quantitative estimate of drug-likeness (QED) is 0.784. The van der Waals surface area contributed by atoms with Crippen LogP contribution in [0.2, 0.25) is 0 Å². The molecule has 0 saturated carbocycles. The van der Waals surface area contributed by atoms with E-state index in [1.807, 2.05) is 6.92 Å². The molecule has 5 nitrogen and oxygen atoms in total. The number of nitrogens with zero attached hydrogens (tertiary/aromatic N) is 2. The summed E-state index contributed by atoms with van der Waals surface area (Å²) in [4.78, 5) is 18.8. The summed E-state index contributed by atoms with van der Waals surface area (Å²) in [6.07, 6.45) is 3.32. The highest BCUT2D eigenvalue weighted by Gasteiger charge is 2.19. The van der Waals surface area contributed by atoms with Crippen molar-refractivity contribution < 1.29 is 18.7 Å². The van der Waals surface area contributed by atoms with E-state index in [-0.39, 0.29) is 18.3 Å². The standard InChI is InChI=1S/C20H23FN2O3/c1-15-4-5-16(13-22-15)20(24)23-8-11-25-9-2-3-10-26-19-7-6-18(21)12-17(19)14-23/h4-7,12-13H,2-3,8-11,14H2,1H3. The van der Waals surface area contributed by atoms with Gasteiger partial charge in [-0.25, -0.2) is 4.39 Å². The van der Waals surface area contributed by atoms with Crippen molar-refractivity contribution in [3.05, 3.63) is 59.2 Å². The summed E-state index contributed by atoms with van der Waals surface area (Å²) in [6.45, 7) is 4.16. The first kappa shape index (κ1) is 18.3. The highest BCUT2D eigenvalue weighted by molar-refractivity contribution is 5.93. The Kier molecular flexibility index (Phi) is 6.17. The van der Waals surface area contributed by atoms with Crippen molar-refractivity contribution in [3.8, 4) is 5.75 Å². The molecule has 0 fully saturated rings. The fraction of sp³-hybridized carbons (Fsp3) is 0.400. The Labute approximate surface area is 152 Å². The molecule has 0 radical (unpaired) electrons. The second-order valence-electron chi connectivity index (χ2n) is 6.33. The monoisotopic (exact) mass is 358 g/mol. The minimum Gasteiger partial charge on any atom is -0.493 e. The maximum absolute atomic E-state index is 13.8. The summed E-state index contributed by atoms with van der Waals surface area (Å²) in [5, 5.41) is 0. The lowest BCUT2D eigenvalue weighted by Gasteiger charge is -2.25. The van der Waals surface area contributed by atoms with Crippen LogP contribution in [0.1, 0.15) is 34.5 Å². The van der Waals surface area contributed by atoms with Crippen LogP contribution in [0.3, 0.4) is 0 Å². The number of rotatable bonds is 1. The largest absolute Gasteiger partial charge is 0.493 e. The molecule has 0 N–H and O–H groups in total. The topological polar surface area (TPSA) is 51.7 Å². The highest BCUT2D eigenvalue weighted by atomic mass is 19.1. The summed E-state index contributed by atoms with van der Waals surface area (Å²) >= 11 is 0. The molecule has 2 heterocycles. The molecule has 0 spiro atoms. The number of pyridine rings is 1. The number of halogens is 1. The third kappa shape index (κ3) is 4.79. The van der Waals surface area contributed by atoms with Crippen molar-refractivity contribution in [1.29, 1.82) is 0 Å². The summed E-state index contributed by atoms with van der Waals surface area (Å²) in [7, 11) is 0. The Morgan fingerprint density at radius 2 is 2.00 bits per heavy atom. The van der Waals surface area contributed by atoms with Crippen LogP contribution in [0.25, 0.3) is 0 Å². The number of hydrogen-bond donors (Lipinski definition) is 0. The first-order valence-corrected chi connectivity index (χ1v) is 8.84. The highest BCUT2D eigenvalue weighted by Crippen LogP contribution is 2.23. The number of hydrogen-bond acceptors (Lipinski definition) is 4. The van der Waals surface area contributed by atoms with E-state index in [4.69, 9.17) is 9.47 Å². The average molecular weight is 358 g/mol. The lowest BCUT2D eigenvalue weighted by Crippen LogP contribution is -2.34. The van der Waals surface area contributed by atoms with Crippen LogP contribution in [0.5, 0.6) is 5.75 Å². The molecule has 3 rings (SSSR count). The minimum atomic E-state index is -0.347. The molecular formula is C20H23FN2O3. The number of ether oxygens (including phenoxy) is 2. The summed E-state index contributed by atoms with van der Waals surface area (Å²) < 4.78 is 25.2. The maximum Gasteiger partial charge on any atom is 0.255 e. The normalized spacial score (nSPS) is 16.0. The lowest BCUT2D eigenvalue weighted by molar-refractivity contribution is 0.0607. The Morgan fingerprint density at radius 1 is 1.15 bits per heavy atom. The van der Waals surface area contributed by atoms with Gasteiger partial charge in [-0.05, 0) is 50.1 Å². The van der Waals surface area contributed by atoms with Gasteiger partial charge in [-0.2, -0.15) is 0 Å². The third-order valence-electron chi connectivity index (χ3n) is 4.28. The van der Waals surface area contributed by atoms with Crippen molar-refractivity contribution in [2.45, 2.75) is 26.3 Å². The van der Waals surface area contributed by atoms with Gasteiger partial charge in [0.15, 0.2) is 0 Å². The number of aryl methyl sites for hydroxylation is 1. The van der Waals surface area contributed by atoms with E-state index in [2.05, 4.69) is 4.98 Å². The SMILES string of the molecule is Cc1ccc(C(=O)N2CCOCCCCOc3ccc(F)cc3C2)cn1. The van der Waals surface area contributed by atoms with Crippen molar-refractivity contribution in [2.24, 2.45) is 0 Å². The number of benzene rings is 1. The smallest absolute Gasteiger partial charge is 0.255 e. The first-order valence-electron chi connectivity index (χ1n) is 8.84. The number of carbonyl (C=O) groups excluding carboxylic acids is 1. The van der Waals surface area contributed by atoms with Crippen LogP contribution in [0, 0.1) is 12.7 Å². The predicted octanol–water partition coefficient (Wildman–Crippen LogP) is 3.36. The van der Waals surface area contributed by atoms with Crippen LogP contribution in [0.4, 0.5) is 4.39 Å². The van der Waals surface area contributed by atoms with Crippen molar-refractivity contribution in [2.75, 3.05) is 26.4 Å². The molecule has 26 heavy (non-hydrogen) atoms. The molecule has 6 heteroatoms. The van der Waals surface area contributed by atoms with Crippen LogP contribution >= 0.6 is 0 Å². The Bertz CT molecular complexity index is 749. The molecule has 0 saturated heterocycles. The van der Waals surface area contributed by atoms with Gasteiger partial charge in [-0.15, -0.1) is 0 Å². The van der Waals surface area contributed by atoms with Gasteiger partial charge in [-0.1, -0.05) is 0 Å². The third-order valence-corrected chi connectivity index (χ3v) is 4.28. The summed E-state index contributed by atoms with van der Waals surface area (Å²) in [6, 6.07) is 7.99. The number of carbonyl (C=O) groups is 1. The zero-order valence-electron chi connectivity index (χ0n) is 14.9. The van der Waals surface area contributed by atoms with Gasteiger partial charge in [0.2, 0.25) is 0 Å². The van der Waals surface area contributed by atoms with E-state index >= 15 is 0 Å². The Morgan fingerprint density at radius 3 is 2.81 bits per heavy atom. The second kappa shape index (κ2) is 8.76. The van der Waals surface area contributed by atoms with Gasteiger partial charge >= 0.3 is 0 Å². The first-order chi connectivity index (χ1) is 12.6. The van der Waals surface area contributed by atoms with E-state index in [0.717, 1.165) is 18.5 Å². The lowest BCUT2D eigenvalue weighted by atomic mass is 10.1. The van der Waals surface area contributed by atoms with Crippen molar-refractivity contribution >= 4 is 5.91 Å². The average Bonchev–Trinajstić information content (AvgIpc) is 2.63. The van der Waals surface area contributed by atoms with Gasteiger partial charge < -0.3 is 14.4 Å². The molecule has 2 aromatic rings. The summed E-state index contributed by atoms with van der Waals surface area (Å²) in [5.41, 5.74) is 2.00. The Balaban J connectivity index is 1.87. The van der Waals surface area contributed by atoms with Crippen LogP contribution in [0.15, 0.2) is 36.5 Å². The van der Waals surface area contributed by atoms with E-state index in [9.17, 15) is 9.18 Å². The van der Waals surface area contributed by atoms with E-state index < -0.39 is 0 Å². The fourth-order valence-corrected chi connectivity index (χ4v) is 2.81. The molecule has 1 aromatic heterocycles. The molecule has 1 aliphatic rings. The van der Waals surface area contributed by atoms with Gasteiger partial charge in [0.05, 0.1) is 18.8 Å². The molecule has 0 aliphatic carbocycles. The van der Waals surface area contributed by atoms with E-state index in [1.165, 1.54) is 12.1 Å². The fourth-order valence-electron chi connectivity index (χ4n) is 2.81. The zero-order valence-corrected chi connectivity index (χ0v) is 14.9. The number of fused-ring (bicyclic) bond motifs is 1. The molecule has 0 unspecified atom stereocenters. The molecule has 1 aromatic carbocycles. The molecule has 1 amide bonds. The number of aromatic nitrogens is 1. The van der Waals surface area contributed by atoms with Crippen LogP contribution in [-0.4, -0.2) is 42.2 Å². The summed E-state index contributed by atoms with van der Waals surface area (Å²) in [5.74, 6) is 0.112. The zero-order chi connectivity index (χ0) is 18.4. The van der Waals surface area contributed by atoms with Crippen LogP contribution in [-0.2, 0) is 11.3 Å². The molecule has 1 aliphatic heterocycles. The number of amides is 1. The van der Waals surface area contributed by atoms with E-state index in [1.54, 1.807) is 29.3 Å². The van der Waals surface area contributed by atoms with Gasteiger partial charge in [-0.3, -0.25) is 9.78 Å². The Hall–Kier alpha value is -2.47. The van der Waals surface area contributed by atoms with Gasteiger partial charge in [0.25, 0.3) is 5.91 Å². The molecule has 138 valence electrons. The molecule has 0 atom stereocenters. The second-order valence-corrected chi connectivity index (χ2v) is 6.33. The van der Waals surface area contributed by atoms with Crippen LogP contribution < -0.4 is 4.74 Å². The maximum atomic E-state index is 13.8. The molecule has 0 bridgehead atoms. The minimum absolute atomic E-state index is 0.159. The van der Waals surface area contributed by atoms with Gasteiger partial charge in [0, 0.05) is 37.2 Å². The molecular weight excluding hydrogens is 335 g/mol. The van der Waals surface area contributed by atoms with Crippen molar-refractivity contribution in [1.82, 2.24) is 9.88 Å². The van der Waals surface area contributed by atoms with E-state index in [0.29, 0.717) is 43.2 Å². The predicted molar refractivity (Wildman–Crippen MR) is 95.7 cm³/mol.